The Morgan fingerprint density at radius 2 is 1.84 bits per heavy atom. The van der Waals surface area contributed by atoms with Gasteiger partial charge in [0.15, 0.2) is 12.4 Å². The Morgan fingerprint density at radius 1 is 1.21 bits per heavy atom. The Morgan fingerprint density at radius 3 is 2.47 bits per heavy atom. The summed E-state index contributed by atoms with van der Waals surface area (Å²) in [5, 5.41) is 10.9. The molecule has 1 aromatic heterocycles. The van der Waals surface area contributed by atoms with Crippen LogP contribution in [0, 0.1) is 17.0 Å². The highest BCUT2D eigenvalue weighted by molar-refractivity contribution is 5.98. The largest absolute Gasteiger partial charge is 0.287 e. The van der Waals surface area contributed by atoms with Crippen LogP contribution in [0.5, 0.6) is 0 Å². The number of aryl methyl sites for hydroxylation is 1. The summed E-state index contributed by atoms with van der Waals surface area (Å²) in [6.45, 7) is 2.04. The maximum absolute atomic E-state index is 12.1. The van der Waals surface area contributed by atoms with Crippen molar-refractivity contribution in [2.45, 2.75) is 13.5 Å². The molecule has 0 aliphatic carbocycles. The molecule has 0 saturated carbocycles. The third-order valence-electron chi connectivity index (χ3n) is 2.79. The van der Waals surface area contributed by atoms with Gasteiger partial charge in [0, 0.05) is 18.2 Å². The van der Waals surface area contributed by atoms with Gasteiger partial charge in [0.05, 0.1) is 4.92 Å². The summed E-state index contributed by atoms with van der Waals surface area (Å²) < 4.78 is 1.70. The van der Waals surface area contributed by atoms with Crippen LogP contribution in [0.2, 0.25) is 0 Å². The number of pyridine rings is 1. The molecule has 5 nitrogen and oxygen atoms in total. The number of nitro groups is 1. The van der Waals surface area contributed by atoms with Gasteiger partial charge in [0.25, 0.3) is 5.69 Å². The monoisotopic (exact) mass is 257 g/mol. The number of nitrogens with zero attached hydrogens (tertiary/aromatic N) is 2. The summed E-state index contributed by atoms with van der Waals surface area (Å²) >= 11 is 0. The molecule has 2 aromatic rings. The molecule has 0 spiro atoms. The van der Waals surface area contributed by atoms with E-state index in [1.54, 1.807) is 29.1 Å². The van der Waals surface area contributed by atoms with E-state index in [-0.39, 0.29) is 23.6 Å². The number of hydrogen-bond acceptors (Lipinski definition) is 3. The summed E-state index contributed by atoms with van der Waals surface area (Å²) in [5.74, 6) is -0.277. The number of carbonyl (C=O) groups excluding carboxylic acids is 1. The number of benzene rings is 1. The summed E-state index contributed by atoms with van der Waals surface area (Å²) in [7, 11) is 0. The zero-order chi connectivity index (χ0) is 13.8. The molecule has 0 atom stereocenters. The van der Waals surface area contributed by atoms with Crippen LogP contribution in [0.1, 0.15) is 15.9 Å². The van der Waals surface area contributed by atoms with E-state index in [1.807, 2.05) is 19.1 Å². The molecule has 0 radical (unpaired) electrons. The van der Waals surface area contributed by atoms with Crippen molar-refractivity contribution in [1.82, 2.24) is 0 Å². The lowest BCUT2D eigenvalue weighted by Gasteiger charge is -2.00. The molecule has 96 valence electrons. The number of hydrogen-bond donors (Lipinski definition) is 0. The van der Waals surface area contributed by atoms with Crippen molar-refractivity contribution in [1.29, 1.82) is 0 Å². The van der Waals surface area contributed by atoms with Crippen LogP contribution in [0.4, 0.5) is 5.69 Å². The Kier molecular flexibility index (Phi) is 3.66. The molecule has 0 saturated heterocycles. The highest BCUT2D eigenvalue weighted by Gasteiger charge is 2.21. The van der Waals surface area contributed by atoms with E-state index >= 15 is 0 Å². The predicted molar refractivity (Wildman–Crippen MR) is 68.8 cm³/mol. The van der Waals surface area contributed by atoms with E-state index in [1.165, 1.54) is 12.1 Å². The molecule has 5 heteroatoms. The van der Waals surface area contributed by atoms with Crippen LogP contribution in [0.15, 0.2) is 48.8 Å². The van der Waals surface area contributed by atoms with Gasteiger partial charge in [0.1, 0.15) is 5.56 Å². The molecule has 0 bridgehead atoms. The molecule has 0 fully saturated rings. The van der Waals surface area contributed by atoms with Gasteiger partial charge < -0.3 is 0 Å². The molecule has 0 amide bonds. The fourth-order valence-corrected chi connectivity index (χ4v) is 1.76. The van der Waals surface area contributed by atoms with Crippen LogP contribution in [0.25, 0.3) is 0 Å². The highest BCUT2D eigenvalue weighted by atomic mass is 16.6. The summed E-state index contributed by atoms with van der Waals surface area (Å²) in [5.41, 5.74) is 1.08. The SMILES string of the molecule is Cc1cc[n+](CC(=O)c2ccccc2[N+](=O)[O-])cc1. The van der Waals surface area contributed by atoms with Gasteiger partial charge in [-0.05, 0) is 18.6 Å². The average Bonchev–Trinajstić information content (AvgIpc) is 2.41. The van der Waals surface area contributed by atoms with Gasteiger partial charge >= 0.3 is 0 Å². The highest BCUT2D eigenvalue weighted by Crippen LogP contribution is 2.17. The van der Waals surface area contributed by atoms with E-state index in [9.17, 15) is 14.9 Å². The molecule has 19 heavy (non-hydrogen) atoms. The first-order valence-electron chi connectivity index (χ1n) is 5.80. The number of aromatic nitrogens is 1. The molecular weight excluding hydrogens is 244 g/mol. The van der Waals surface area contributed by atoms with Crippen LogP contribution < -0.4 is 4.57 Å². The third kappa shape index (κ3) is 3.01. The van der Waals surface area contributed by atoms with Gasteiger partial charge in [-0.25, -0.2) is 0 Å². The fraction of sp³-hybridized carbons (Fsp3) is 0.143. The lowest BCUT2D eigenvalue weighted by molar-refractivity contribution is -0.683. The smallest absolute Gasteiger partial charge is 0.280 e. The summed E-state index contributed by atoms with van der Waals surface area (Å²) in [6.07, 6.45) is 3.56. The third-order valence-corrected chi connectivity index (χ3v) is 2.79. The Labute approximate surface area is 110 Å². The van der Waals surface area contributed by atoms with Crippen molar-refractivity contribution < 1.29 is 14.3 Å². The van der Waals surface area contributed by atoms with Crippen LogP contribution in [0.3, 0.4) is 0 Å². The molecule has 1 heterocycles. The normalized spacial score (nSPS) is 10.2. The number of ketones is 1. The van der Waals surface area contributed by atoms with Gasteiger partial charge in [-0.2, -0.15) is 4.57 Å². The van der Waals surface area contributed by atoms with Crippen molar-refractivity contribution in [2.24, 2.45) is 0 Å². The standard InChI is InChI=1S/C14H13N2O3/c1-11-6-8-15(9-7-11)10-14(17)12-4-2-3-5-13(12)16(18)19/h2-9H,10H2,1H3/q+1. The first-order chi connectivity index (χ1) is 9.08. The first-order valence-corrected chi connectivity index (χ1v) is 5.80. The van der Waals surface area contributed by atoms with Crippen LogP contribution in [-0.2, 0) is 6.54 Å². The first kappa shape index (κ1) is 12.9. The van der Waals surface area contributed by atoms with Gasteiger partial charge in [-0.3, -0.25) is 14.9 Å². The van der Waals surface area contributed by atoms with E-state index in [0.29, 0.717) is 0 Å². The molecule has 0 aliphatic rings. The van der Waals surface area contributed by atoms with Crippen molar-refractivity contribution >= 4 is 11.5 Å². The molecule has 2 rings (SSSR count). The predicted octanol–water partition coefficient (Wildman–Crippen LogP) is 2.07. The van der Waals surface area contributed by atoms with Gasteiger partial charge in [-0.1, -0.05) is 12.1 Å². The Balaban J connectivity index is 2.25. The molecule has 0 aliphatic heterocycles. The molecule has 1 aromatic carbocycles. The quantitative estimate of drug-likeness (QED) is 0.364. The number of Topliss-reactive ketones (excluding diaryl/α,β-unsaturated/α-hetero) is 1. The minimum absolute atomic E-state index is 0.0884. The number of para-hydroxylation sites is 1. The van der Waals surface area contributed by atoms with E-state index in [2.05, 4.69) is 0 Å². The van der Waals surface area contributed by atoms with Gasteiger partial charge in [-0.15, -0.1) is 0 Å². The minimum atomic E-state index is -0.535. The maximum Gasteiger partial charge on any atom is 0.280 e. The van der Waals surface area contributed by atoms with Crippen LogP contribution in [-0.4, -0.2) is 10.7 Å². The van der Waals surface area contributed by atoms with E-state index < -0.39 is 4.92 Å². The summed E-state index contributed by atoms with van der Waals surface area (Å²) in [4.78, 5) is 22.4. The zero-order valence-corrected chi connectivity index (χ0v) is 10.4. The second kappa shape index (κ2) is 5.39. The molecule has 0 N–H and O–H groups in total. The minimum Gasteiger partial charge on any atom is -0.287 e. The van der Waals surface area contributed by atoms with Crippen molar-refractivity contribution in [3.05, 3.63) is 70.0 Å². The Hall–Kier alpha value is -2.56. The maximum atomic E-state index is 12.1. The summed E-state index contributed by atoms with van der Waals surface area (Å²) in [6, 6.07) is 9.76. The van der Waals surface area contributed by atoms with Crippen molar-refractivity contribution in [3.63, 3.8) is 0 Å². The fourth-order valence-electron chi connectivity index (χ4n) is 1.76. The van der Waals surface area contributed by atoms with Crippen LogP contribution >= 0.6 is 0 Å². The second-order valence-corrected chi connectivity index (χ2v) is 4.25. The van der Waals surface area contributed by atoms with Crippen molar-refractivity contribution in [3.8, 4) is 0 Å². The zero-order valence-electron chi connectivity index (χ0n) is 10.4. The lowest BCUT2D eigenvalue weighted by Crippen LogP contribution is -2.37. The second-order valence-electron chi connectivity index (χ2n) is 4.25. The topological polar surface area (TPSA) is 64.1 Å². The molecular formula is C14H13N2O3+. The number of rotatable bonds is 4. The average molecular weight is 257 g/mol. The molecule has 0 unspecified atom stereocenters. The lowest BCUT2D eigenvalue weighted by atomic mass is 10.1. The Bertz CT molecular complexity index is 621. The number of nitro benzene ring substituents is 1. The van der Waals surface area contributed by atoms with Crippen molar-refractivity contribution in [2.75, 3.05) is 0 Å². The number of carbonyl (C=O) groups is 1. The van der Waals surface area contributed by atoms with E-state index in [0.717, 1.165) is 5.56 Å². The van der Waals surface area contributed by atoms with Gasteiger partial charge in [0.2, 0.25) is 12.3 Å². The van der Waals surface area contributed by atoms with E-state index in [4.69, 9.17) is 0 Å².